The molecule has 2 aromatic carbocycles. The van der Waals surface area contributed by atoms with Crippen molar-refractivity contribution in [1.29, 1.82) is 0 Å². The number of piperazine rings is 1. The lowest BCUT2D eigenvalue weighted by molar-refractivity contribution is 0.112. The third kappa shape index (κ3) is 3.84. The number of carbonyl (C=O) groups is 1. The summed E-state index contributed by atoms with van der Waals surface area (Å²) in [4.78, 5) is 21.4. The number of rotatable bonds is 6. The van der Waals surface area contributed by atoms with Crippen molar-refractivity contribution >= 4 is 23.3 Å². The molecule has 0 unspecified atom stereocenters. The van der Waals surface area contributed by atoms with E-state index in [1.807, 2.05) is 36.4 Å². The number of benzene rings is 2. The highest BCUT2D eigenvalue weighted by Gasteiger charge is 2.24. The van der Waals surface area contributed by atoms with Crippen molar-refractivity contribution in [1.82, 2.24) is 14.6 Å². The number of aldehydes is 1. The Balaban J connectivity index is 1.44. The van der Waals surface area contributed by atoms with Gasteiger partial charge in [-0.15, -0.1) is 0 Å². The fourth-order valence-corrected chi connectivity index (χ4v) is 4.28. The number of hydrogen-bond donors (Lipinski definition) is 0. The minimum Gasteiger partial charge on any atom is -0.497 e. The first-order chi connectivity index (χ1) is 16.2. The molecule has 1 aliphatic rings. The molecule has 0 radical (unpaired) electrons. The topological polar surface area (TPSA) is 72.2 Å². The van der Waals surface area contributed by atoms with E-state index in [1.54, 1.807) is 31.1 Å². The molecule has 168 valence electrons. The zero-order valence-corrected chi connectivity index (χ0v) is 18.6. The number of ether oxygens (including phenoxy) is 2. The van der Waals surface area contributed by atoms with Crippen molar-refractivity contribution in [2.45, 2.75) is 0 Å². The van der Waals surface area contributed by atoms with Gasteiger partial charge in [0.25, 0.3) is 0 Å². The Morgan fingerprint density at radius 1 is 0.848 bits per heavy atom. The predicted octanol–water partition coefficient (Wildman–Crippen LogP) is 3.55. The largest absolute Gasteiger partial charge is 0.497 e. The van der Waals surface area contributed by atoms with Crippen LogP contribution in [0.3, 0.4) is 0 Å². The average molecular weight is 444 g/mol. The standard InChI is InChI=1S/C25H25N5O3/c1-32-20-7-3-18(4-8-20)23-22(17-31)24-25(26-11-12-30(24)27-23)29-15-13-28(14-16-29)19-5-9-21(33-2)10-6-19/h3-12,17H,13-16H2,1-2H3. The molecule has 0 saturated carbocycles. The molecule has 8 nitrogen and oxygen atoms in total. The maximum absolute atomic E-state index is 12.2. The van der Waals surface area contributed by atoms with Gasteiger partial charge in [-0.25, -0.2) is 9.50 Å². The first kappa shape index (κ1) is 20.8. The number of carbonyl (C=O) groups excluding carboxylic acids is 1. The van der Waals surface area contributed by atoms with Gasteiger partial charge in [0.15, 0.2) is 12.1 Å². The molecular weight excluding hydrogens is 418 g/mol. The van der Waals surface area contributed by atoms with Crippen LogP contribution >= 0.6 is 0 Å². The van der Waals surface area contributed by atoms with Gasteiger partial charge in [-0.1, -0.05) is 0 Å². The highest BCUT2D eigenvalue weighted by molar-refractivity contribution is 5.98. The van der Waals surface area contributed by atoms with Crippen LogP contribution in [-0.4, -0.2) is 61.3 Å². The van der Waals surface area contributed by atoms with Crippen LogP contribution < -0.4 is 19.3 Å². The number of hydrogen-bond acceptors (Lipinski definition) is 7. The fraction of sp³-hybridized carbons (Fsp3) is 0.240. The normalized spacial score (nSPS) is 13.9. The molecule has 0 spiro atoms. The van der Waals surface area contributed by atoms with Gasteiger partial charge in [-0.05, 0) is 48.5 Å². The van der Waals surface area contributed by atoms with E-state index in [1.165, 1.54) is 5.69 Å². The average Bonchev–Trinajstić information content (AvgIpc) is 3.28. The van der Waals surface area contributed by atoms with Gasteiger partial charge in [0.05, 0.1) is 19.8 Å². The van der Waals surface area contributed by atoms with Crippen LogP contribution in [0.4, 0.5) is 11.5 Å². The van der Waals surface area contributed by atoms with Crippen LogP contribution in [0.15, 0.2) is 60.9 Å². The quantitative estimate of drug-likeness (QED) is 0.422. The minimum absolute atomic E-state index is 0.542. The third-order valence-corrected chi connectivity index (χ3v) is 6.06. The lowest BCUT2D eigenvalue weighted by Crippen LogP contribution is -2.47. The first-order valence-corrected chi connectivity index (χ1v) is 10.8. The number of fused-ring (bicyclic) bond motifs is 1. The van der Waals surface area contributed by atoms with E-state index in [0.717, 1.165) is 60.9 Å². The molecule has 0 amide bonds. The van der Waals surface area contributed by atoms with E-state index >= 15 is 0 Å². The molecule has 0 bridgehead atoms. The molecule has 4 aromatic rings. The van der Waals surface area contributed by atoms with E-state index < -0.39 is 0 Å². The van der Waals surface area contributed by atoms with Crippen molar-refractivity contribution in [3.63, 3.8) is 0 Å². The molecule has 1 fully saturated rings. The highest BCUT2D eigenvalue weighted by Crippen LogP contribution is 2.31. The summed E-state index contributed by atoms with van der Waals surface area (Å²) in [7, 11) is 3.30. The predicted molar refractivity (Wildman–Crippen MR) is 128 cm³/mol. The first-order valence-electron chi connectivity index (χ1n) is 10.8. The summed E-state index contributed by atoms with van der Waals surface area (Å²) in [5.74, 6) is 2.39. The lowest BCUT2D eigenvalue weighted by Gasteiger charge is -2.37. The van der Waals surface area contributed by atoms with Crippen LogP contribution in [0.2, 0.25) is 0 Å². The van der Waals surface area contributed by atoms with E-state index in [0.29, 0.717) is 11.3 Å². The van der Waals surface area contributed by atoms with Crippen LogP contribution in [0, 0.1) is 0 Å². The Morgan fingerprint density at radius 3 is 2.06 bits per heavy atom. The van der Waals surface area contributed by atoms with Gasteiger partial charge in [-0.3, -0.25) is 4.79 Å². The summed E-state index contributed by atoms with van der Waals surface area (Å²) < 4.78 is 12.3. The minimum atomic E-state index is 0.542. The Bertz CT molecular complexity index is 1260. The molecule has 3 heterocycles. The summed E-state index contributed by atoms with van der Waals surface area (Å²) in [6.07, 6.45) is 4.39. The zero-order chi connectivity index (χ0) is 22.8. The van der Waals surface area contributed by atoms with Crippen LogP contribution in [0.5, 0.6) is 11.5 Å². The van der Waals surface area contributed by atoms with Crippen molar-refractivity contribution < 1.29 is 14.3 Å². The van der Waals surface area contributed by atoms with E-state index in [-0.39, 0.29) is 0 Å². The van der Waals surface area contributed by atoms with Gasteiger partial charge in [0.1, 0.15) is 22.7 Å². The van der Waals surface area contributed by atoms with Gasteiger partial charge in [-0.2, -0.15) is 5.10 Å². The lowest BCUT2D eigenvalue weighted by atomic mass is 10.1. The second-order valence-electron chi connectivity index (χ2n) is 7.82. The van der Waals surface area contributed by atoms with Gasteiger partial charge in [0.2, 0.25) is 0 Å². The second kappa shape index (κ2) is 8.82. The van der Waals surface area contributed by atoms with E-state index in [4.69, 9.17) is 14.6 Å². The van der Waals surface area contributed by atoms with Crippen molar-refractivity contribution in [3.8, 4) is 22.8 Å². The highest BCUT2D eigenvalue weighted by atomic mass is 16.5. The molecule has 33 heavy (non-hydrogen) atoms. The number of anilines is 2. The van der Waals surface area contributed by atoms with Crippen molar-refractivity contribution in [2.24, 2.45) is 0 Å². The monoisotopic (exact) mass is 443 g/mol. The molecular formula is C25H25N5O3. The molecule has 1 saturated heterocycles. The van der Waals surface area contributed by atoms with Crippen molar-refractivity contribution in [3.05, 3.63) is 66.5 Å². The summed E-state index contributed by atoms with van der Waals surface area (Å²) in [5.41, 5.74) is 3.94. The molecule has 1 aliphatic heterocycles. The third-order valence-electron chi connectivity index (χ3n) is 6.06. The van der Waals surface area contributed by atoms with Crippen LogP contribution in [0.25, 0.3) is 16.8 Å². The van der Waals surface area contributed by atoms with E-state index in [9.17, 15) is 4.79 Å². The Morgan fingerprint density at radius 2 is 1.45 bits per heavy atom. The number of nitrogens with zero attached hydrogens (tertiary/aromatic N) is 5. The number of methoxy groups -OCH3 is 2. The fourth-order valence-electron chi connectivity index (χ4n) is 4.28. The molecule has 0 atom stereocenters. The van der Waals surface area contributed by atoms with E-state index in [2.05, 4.69) is 26.9 Å². The van der Waals surface area contributed by atoms with Gasteiger partial charge >= 0.3 is 0 Å². The van der Waals surface area contributed by atoms with Crippen LogP contribution in [-0.2, 0) is 0 Å². The summed E-state index contributed by atoms with van der Waals surface area (Å²) >= 11 is 0. The smallest absolute Gasteiger partial charge is 0.155 e. The molecule has 0 aliphatic carbocycles. The summed E-state index contributed by atoms with van der Waals surface area (Å²) in [5, 5.41) is 4.70. The SMILES string of the molecule is COc1ccc(-c2nn3ccnc(N4CCN(c5ccc(OC)cc5)CC4)c3c2C=O)cc1. The van der Waals surface area contributed by atoms with Crippen LogP contribution in [0.1, 0.15) is 10.4 Å². The maximum atomic E-state index is 12.2. The number of aromatic nitrogens is 3. The molecule has 2 aromatic heterocycles. The maximum Gasteiger partial charge on any atom is 0.155 e. The van der Waals surface area contributed by atoms with Gasteiger partial charge < -0.3 is 19.3 Å². The summed E-state index contributed by atoms with van der Waals surface area (Å²) in [6.45, 7) is 3.29. The Hall–Kier alpha value is -4.07. The molecule has 0 N–H and O–H groups in total. The second-order valence-corrected chi connectivity index (χ2v) is 7.82. The van der Waals surface area contributed by atoms with Gasteiger partial charge in [0, 0.05) is 49.8 Å². The molecule has 5 rings (SSSR count). The summed E-state index contributed by atoms with van der Waals surface area (Å²) in [6, 6.07) is 15.7. The zero-order valence-electron chi connectivity index (χ0n) is 18.6. The Labute approximate surface area is 192 Å². The van der Waals surface area contributed by atoms with Crippen molar-refractivity contribution in [2.75, 3.05) is 50.2 Å². The molecule has 8 heteroatoms. The Kier molecular flexibility index (Phi) is 5.56.